The minimum absolute atomic E-state index is 0.770. The summed E-state index contributed by atoms with van der Waals surface area (Å²) in [5, 5.41) is 10.9. The van der Waals surface area contributed by atoms with Crippen molar-refractivity contribution in [1.82, 2.24) is 15.0 Å². The van der Waals surface area contributed by atoms with Gasteiger partial charge in [-0.15, -0.1) is 16.4 Å². The van der Waals surface area contributed by atoms with E-state index in [0.29, 0.717) is 0 Å². The third kappa shape index (κ3) is 2.42. The predicted molar refractivity (Wildman–Crippen MR) is 60.7 cm³/mol. The first-order valence-corrected chi connectivity index (χ1v) is 6.36. The summed E-state index contributed by atoms with van der Waals surface area (Å²) >= 11 is 5.13. The van der Waals surface area contributed by atoms with Gasteiger partial charge in [0.15, 0.2) is 0 Å². The van der Waals surface area contributed by atoms with Gasteiger partial charge < -0.3 is 0 Å². The van der Waals surface area contributed by atoms with Crippen LogP contribution in [0.2, 0.25) is 0 Å². The summed E-state index contributed by atoms with van der Waals surface area (Å²) in [5.74, 6) is 0. The highest BCUT2D eigenvalue weighted by Gasteiger charge is 1.99. The Hall–Kier alpha value is -0.680. The standard InChI is InChI=1S/C9H10BrN3S/c10-6-8-7-13(12-11-8)4-3-9-2-1-5-14-9/h1-2,5,7H,3-4,6H2. The maximum absolute atomic E-state index is 4.03. The van der Waals surface area contributed by atoms with Gasteiger partial charge in [0.2, 0.25) is 0 Å². The molecule has 0 aliphatic carbocycles. The molecule has 0 aliphatic rings. The van der Waals surface area contributed by atoms with Crippen LogP contribution in [0.3, 0.4) is 0 Å². The lowest BCUT2D eigenvalue weighted by Crippen LogP contribution is -2.00. The number of halogens is 1. The van der Waals surface area contributed by atoms with Gasteiger partial charge in [0.1, 0.15) is 0 Å². The first-order chi connectivity index (χ1) is 6.88. The molecular formula is C9H10BrN3S. The number of alkyl halides is 1. The molecule has 0 saturated carbocycles. The number of rotatable bonds is 4. The molecule has 5 heteroatoms. The third-order valence-corrected chi connectivity index (χ3v) is 3.40. The number of aryl methyl sites for hydroxylation is 2. The Morgan fingerprint density at radius 3 is 3.07 bits per heavy atom. The van der Waals surface area contributed by atoms with Crippen LogP contribution in [-0.2, 0) is 18.3 Å². The van der Waals surface area contributed by atoms with Crippen LogP contribution in [0.1, 0.15) is 10.6 Å². The van der Waals surface area contributed by atoms with Gasteiger partial charge in [0, 0.05) is 29.4 Å². The summed E-state index contributed by atoms with van der Waals surface area (Å²) in [4.78, 5) is 1.39. The van der Waals surface area contributed by atoms with E-state index in [-0.39, 0.29) is 0 Å². The molecule has 0 unspecified atom stereocenters. The quantitative estimate of drug-likeness (QED) is 0.800. The van der Waals surface area contributed by atoms with Crippen LogP contribution in [0.5, 0.6) is 0 Å². The van der Waals surface area contributed by atoms with E-state index in [4.69, 9.17) is 0 Å². The van der Waals surface area contributed by atoms with Crippen molar-refractivity contribution in [2.75, 3.05) is 0 Å². The summed E-state index contributed by atoms with van der Waals surface area (Å²) in [5.41, 5.74) is 0.983. The van der Waals surface area contributed by atoms with E-state index < -0.39 is 0 Å². The second-order valence-electron chi connectivity index (χ2n) is 2.94. The highest BCUT2D eigenvalue weighted by molar-refractivity contribution is 9.08. The Kier molecular flexibility index (Phi) is 3.31. The van der Waals surface area contributed by atoms with Crippen molar-refractivity contribution in [3.63, 3.8) is 0 Å². The molecule has 0 bridgehead atoms. The van der Waals surface area contributed by atoms with Gasteiger partial charge in [0.05, 0.1) is 5.69 Å². The monoisotopic (exact) mass is 271 g/mol. The highest BCUT2D eigenvalue weighted by Crippen LogP contribution is 2.10. The molecule has 3 nitrogen and oxygen atoms in total. The predicted octanol–water partition coefficient (Wildman–Crippen LogP) is 2.48. The molecule has 0 atom stereocenters. The Morgan fingerprint density at radius 1 is 1.50 bits per heavy atom. The van der Waals surface area contributed by atoms with Crippen molar-refractivity contribution in [2.24, 2.45) is 0 Å². The SMILES string of the molecule is BrCc1cn(CCc2cccs2)nn1. The molecule has 2 rings (SSSR count). The number of aromatic nitrogens is 3. The molecule has 0 N–H and O–H groups in total. The number of hydrogen-bond donors (Lipinski definition) is 0. The third-order valence-electron chi connectivity index (χ3n) is 1.89. The fourth-order valence-electron chi connectivity index (χ4n) is 1.19. The first kappa shape index (κ1) is 9.86. The topological polar surface area (TPSA) is 30.7 Å². The minimum atomic E-state index is 0.770. The van der Waals surface area contributed by atoms with Crippen LogP contribution in [0, 0.1) is 0 Å². The summed E-state index contributed by atoms with van der Waals surface area (Å²) < 4.78 is 1.89. The van der Waals surface area contributed by atoms with Gasteiger partial charge in [-0.1, -0.05) is 27.2 Å². The van der Waals surface area contributed by atoms with Crippen LogP contribution in [-0.4, -0.2) is 15.0 Å². The molecule has 0 spiro atoms. The molecule has 0 aliphatic heterocycles. The van der Waals surface area contributed by atoms with E-state index >= 15 is 0 Å². The fourth-order valence-corrected chi connectivity index (χ4v) is 2.14. The van der Waals surface area contributed by atoms with Crippen molar-refractivity contribution in [3.05, 3.63) is 34.3 Å². The molecule has 0 saturated heterocycles. The zero-order chi connectivity index (χ0) is 9.80. The highest BCUT2D eigenvalue weighted by atomic mass is 79.9. The Bertz CT molecular complexity index is 382. The summed E-state index contributed by atoms with van der Waals surface area (Å²) in [7, 11) is 0. The van der Waals surface area contributed by atoms with Crippen molar-refractivity contribution < 1.29 is 0 Å². The maximum Gasteiger partial charge on any atom is 0.0932 e. The van der Waals surface area contributed by atoms with Crippen LogP contribution in [0.15, 0.2) is 23.7 Å². The van der Waals surface area contributed by atoms with E-state index in [2.05, 4.69) is 43.8 Å². The van der Waals surface area contributed by atoms with Crippen molar-refractivity contribution in [3.8, 4) is 0 Å². The molecule has 2 heterocycles. The molecule has 14 heavy (non-hydrogen) atoms. The van der Waals surface area contributed by atoms with Gasteiger partial charge in [-0.3, -0.25) is 4.68 Å². The van der Waals surface area contributed by atoms with Gasteiger partial charge in [-0.2, -0.15) is 0 Å². The van der Waals surface area contributed by atoms with Gasteiger partial charge in [0.25, 0.3) is 0 Å². The second-order valence-corrected chi connectivity index (χ2v) is 4.53. The fraction of sp³-hybridized carbons (Fsp3) is 0.333. The van der Waals surface area contributed by atoms with Crippen molar-refractivity contribution in [2.45, 2.75) is 18.3 Å². The maximum atomic E-state index is 4.03. The molecule has 2 aromatic heterocycles. The van der Waals surface area contributed by atoms with E-state index in [1.54, 1.807) is 11.3 Å². The van der Waals surface area contributed by atoms with Gasteiger partial charge in [-0.25, -0.2) is 0 Å². The molecule has 74 valence electrons. The zero-order valence-corrected chi connectivity index (χ0v) is 9.96. The Labute approximate surface area is 94.9 Å². The van der Waals surface area contributed by atoms with Gasteiger partial charge in [-0.05, 0) is 11.4 Å². The molecule has 2 aromatic rings. The summed E-state index contributed by atoms with van der Waals surface area (Å²) in [6.07, 6.45) is 3.01. The molecule has 0 aromatic carbocycles. The largest absolute Gasteiger partial charge is 0.252 e. The molecule has 0 amide bonds. The number of nitrogens with zero attached hydrogens (tertiary/aromatic N) is 3. The van der Waals surface area contributed by atoms with E-state index in [0.717, 1.165) is 24.0 Å². The molecule has 0 fully saturated rings. The van der Waals surface area contributed by atoms with E-state index in [9.17, 15) is 0 Å². The lowest BCUT2D eigenvalue weighted by Gasteiger charge is -1.96. The molecule has 0 radical (unpaired) electrons. The van der Waals surface area contributed by atoms with Crippen LogP contribution >= 0.6 is 27.3 Å². The number of thiophene rings is 1. The lowest BCUT2D eigenvalue weighted by molar-refractivity contribution is 0.592. The Morgan fingerprint density at radius 2 is 2.43 bits per heavy atom. The molecular weight excluding hydrogens is 262 g/mol. The van der Waals surface area contributed by atoms with Crippen LogP contribution < -0.4 is 0 Å². The van der Waals surface area contributed by atoms with Crippen molar-refractivity contribution in [1.29, 1.82) is 0 Å². The lowest BCUT2D eigenvalue weighted by atomic mass is 10.3. The van der Waals surface area contributed by atoms with Crippen molar-refractivity contribution >= 4 is 27.3 Å². The second kappa shape index (κ2) is 4.70. The first-order valence-electron chi connectivity index (χ1n) is 4.36. The zero-order valence-electron chi connectivity index (χ0n) is 7.56. The Balaban J connectivity index is 1.92. The summed E-state index contributed by atoms with van der Waals surface area (Å²) in [6, 6.07) is 4.22. The smallest absolute Gasteiger partial charge is 0.0932 e. The van der Waals surface area contributed by atoms with Crippen LogP contribution in [0.4, 0.5) is 0 Å². The average molecular weight is 272 g/mol. The number of hydrogen-bond acceptors (Lipinski definition) is 3. The van der Waals surface area contributed by atoms with E-state index in [1.807, 2.05) is 10.9 Å². The normalized spacial score (nSPS) is 10.6. The van der Waals surface area contributed by atoms with Crippen LogP contribution in [0.25, 0.3) is 0 Å². The minimum Gasteiger partial charge on any atom is -0.252 e. The summed E-state index contributed by atoms with van der Waals surface area (Å²) in [6.45, 7) is 0.903. The average Bonchev–Trinajstić information content (AvgIpc) is 2.86. The van der Waals surface area contributed by atoms with Gasteiger partial charge >= 0.3 is 0 Å². The van der Waals surface area contributed by atoms with E-state index in [1.165, 1.54) is 4.88 Å².